The Morgan fingerprint density at radius 1 is 1.16 bits per heavy atom. The van der Waals surface area contributed by atoms with Gasteiger partial charge in [-0.25, -0.2) is 4.98 Å². The first-order valence-electron chi connectivity index (χ1n) is 7.27. The quantitative estimate of drug-likeness (QED) is 0.656. The summed E-state index contributed by atoms with van der Waals surface area (Å²) in [7, 11) is 1.74. The topological polar surface area (TPSA) is 50.8 Å². The fraction of sp³-hybridized carbons (Fsp3) is 0.111. The van der Waals surface area contributed by atoms with E-state index in [1.807, 2.05) is 24.3 Å². The van der Waals surface area contributed by atoms with Crippen molar-refractivity contribution in [2.45, 2.75) is 6.36 Å². The molecular formula is C18H12F3N3O. The van der Waals surface area contributed by atoms with Gasteiger partial charge in [-0.3, -0.25) is 0 Å². The number of fused-ring (bicyclic) bond motifs is 1. The van der Waals surface area contributed by atoms with Crippen LogP contribution in [0.25, 0.3) is 22.7 Å². The highest BCUT2D eigenvalue weighted by Crippen LogP contribution is 2.29. The van der Waals surface area contributed by atoms with E-state index in [9.17, 15) is 18.4 Å². The van der Waals surface area contributed by atoms with Gasteiger partial charge in [0.05, 0.1) is 16.6 Å². The van der Waals surface area contributed by atoms with Crippen LogP contribution in [0.2, 0.25) is 0 Å². The SMILES string of the molecule is Cn1c(/C(C#N)=C/c2ccccc2OC(F)(F)F)nc2ccccc21. The van der Waals surface area contributed by atoms with Crippen LogP contribution in [0.15, 0.2) is 48.5 Å². The summed E-state index contributed by atoms with van der Waals surface area (Å²) in [5, 5.41) is 9.48. The molecule has 2 aromatic carbocycles. The molecule has 0 N–H and O–H groups in total. The molecule has 0 bridgehead atoms. The number of alkyl halides is 3. The number of rotatable bonds is 3. The van der Waals surface area contributed by atoms with Crippen LogP contribution in [0.4, 0.5) is 13.2 Å². The Kier molecular flexibility index (Phi) is 4.19. The molecule has 0 radical (unpaired) electrons. The minimum atomic E-state index is -4.81. The number of nitriles is 1. The Bertz CT molecular complexity index is 997. The normalized spacial score (nSPS) is 12.2. The molecule has 126 valence electrons. The van der Waals surface area contributed by atoms with Gasteiger partial charge < -0.3 is 9.30 Å². The van der Waals surface area contributed by atoms with Crippen molar-refractivity contribution in [2.24, 2.45) is 7.05 Å². The minimum Gasteiger partial charge on any atom is -0.405 e. The monoisotopic (exact) mass is 343 g/mol. The number of benzene rings is 2. The molecule has 1 heterocycles. The average Bonchev–Trinajstić information content (AvgIpc) is 2.90. The second-order valence-corrected chi connectivity index (χ2v) is 5.24. The van der Waals surface area contributed by atoms with E-state index in [0.717, 1.165) is 5.52 Å². The lowest BCUT2D eigenvalue weighted by atomic mass is 10.1. The van der Waals surface area contributed by atoms with E-state index in [1.54, 1.807) is 23.7 Å². The number of ether oxygens (including phenoxy) is 1. The van der Waals surface area contributed by atoms with E-state index in [4.69, 9.17) is 0 Å². The van der Waals surface area contributed by atoms with Crippen molar-refractivity contribution in [3.05, 3.63) is 59.9 Å². The van der Waals surface area contributed by atoms with Crippen LogP contribution in [0.5, 0.6) is 5.75 Å². The molecule has 4 nitrogen and oxygen atoms in total. The molecule has 0 aliphatic rings. The Morgan fingerprint density at radius 2 is 1.84 bits per heavy atom. The highest BCUT2D eigenvalue weighted by Gasteiger charge is 2.31. The first-order valence-corrected chi connectivity index (χ1v) is 7.27. The number of nitrogens with zero attached hydrogens (tertiary/aromatic N) is 3. The van der Waals surface area contributed by atoms with Crippen molar-refractivity contribution in [1.29, 1.82) is 5.26 Å². The van der Waals surface area contributed by atoms with Gasteiger partial charge in [0.1, 0.15) is 11.8 Å². The molecule has 0 atom stereocenters. The molecule has 0 saturated carbocycles. The third kappa shape index (κ3) is 3.48. The summed E-state index contributed by atoms with van der Waals surface area (Å²) >= 11 is 0. The number of para-hydroxylation sites is 3. The molecule has 25 heavy (non-hydrogen) atoms. The van der Waals surface area contributed by atoms with Crippen LogP contribution in [0, 0.1) is 11.3 Å². The van der Waals surface area contributed by atoms with Crippen molar-refractivity contribution < 1.29 is 17.9 Å². The van der Waals surface area contributed by atoms with Crippen molar-refractivity contribution >= 4 is 22.7 Å². The van der Waals surface area contributed by atoms with E-state index >= 15 is 0 Å². The van der Waals surface area contributed by atoms with Crippen LogP contribution in [0.3, 0.4) is 0 Å². The lowest BCUT2D eigenvalue weighted by Gasteiger charge is -2.11. The predicted molar refractivity (Wildman–Crippen MR) is 87.3 cm³/mol. The minimum absolute atomic E-state index is 0.136. The molecule has 0 spiro atoms. The highest BCUT2D eigenvalue weighted by molar-refractivity contribution is 5.91. The number of aromatic nitrogens is 2. The van der Waals surface area contributed by atoms with Gasteiger partial charge in [-0.15, -0.1) is 13.2 Å². The smallest absolute Gasteiger partial charge is 0.405 e. The molecule has 7 heteroatoms. The molecule has 0 aliphatic heterocycles. The zero-order chi connectivity index (χ0) is 18.0. The van der Waals surface area contributed by atoms with Gasteiger partial charge in [0.15, 0.2) is 5.82 Å². The van der Waals surface area contributed by atoms with Crippen LogP contribution >= 0.6 is 0 Å². The van der Waals surface area contributed by atoms with Crippen LogP contribution in [-0.4, -0.2) is 15.9 Å². The summed E-state index contributed by atoms with van der Waals surface area (Å²) < 4.78 is 43.4. The van der Waals surface area contributed by atoms with Crippen LogP contribution in [-0.2, 0) is 7.05 Å². The van der Waals surface area contributed by atoms with Crippen molar-refractivity contribution in [3.8, 4) is 11.8 Å². The largest absolute Gasteiger partial charge is 0.573 e. The maximum absolute atomic E-state index is 12.5. The number of hydrogen-bond acceptors (Lipinski definition) is 3. The van der Waals surface area contributed by atoms with E-state index in [1.165, 1.54) is 24.3 Å². The standard InChI is InChI=1S/C18H12F3N3O/c1-24-15-8-4-3-7-14(15)23-17(24)13(11-22)10-12-6-2-5-9-16(12)25-18(19,20)21/h2-10H,1H3/b13-10+. The van der Waals surface area contributed by atoms with Gasteiger partial charge in [-0.2, -0.15) is 5.26 Å². The molecular weight excluding hydrogens is 331 g/mol. The van der Waals surface area contributed by atoms with Gasteiger partial charge >= 0.3 is 6.36 Å². The van der Waals surface area contributed by atoms with Gasteiger partial charge in [0.25, 0.3) is 0 Å². The summed E-state index contributed by atoms with van der Waals surface area (Å²) in [5.74, 6) is -0.00738. The Morgan fingerprint density at radius 3 is 2.52 bits per heavy atom. The third-order valence-electron chi connectivity index (χ3n) is 3.59. The molecule has 0 saturated heterocycles. The van der Waals surface area contributed by atoms with Crippen LogP contribution in [0.1, 0.15) is 11.4 Å². The van der Waals surface area contributed by atoms with Gasteiger partial charge in [0.2, 0.25) is 0 Å². The molecule has 3 aromatic rings. The van der Waals surface area contributed by atoms with E-state index in [0.29, 0.717) is 11.3 Å². The zero-order valence-corrected chi connectivity index (χ0v) is 13.1. The maximum Gasteiger partial charge on any atom is 0.573 e. The second kappa shape index (κ2) is 6.32. The maximum atomic E-state index is 12.5. The second-order valence-electron chi connectivity index (χ2n) is 5.24. The first-order chi connectivity index (χ1) is 11.9. The molecule has 1 aromatic heterocycles. The summed E-state index contributed by atoms with van der Waals surface area (Å²) in [6.45, 7) is 0. The van der Waals surface area contributed by atoms with Gasteiger partial charge in [-0.05, 0) is 24.3 Å². The Balaban J connectivity index is 2.10. The number of halogens is 3. The average molecular weight is 343 g/mol. The fourth-order valence-corrected chi connectivity index (χ4v) is 2.51. The molecule has 3 rings (SSSR count). The van der Waals surface area contributed by atoms with Crippen LogP contribution < -0.4 is 4.74 Å². The summed E-state index contributed by atoms with van der Waals surface area (Å²) in [5.41, 5.74) is 1.79. The number of imidazole rings is 1. The zero-order valence-electron chi connectivity index (χ0n) is 13.1. The van der Waals surface area contributed by atoms with Gasteiger partial charge in [-0.1, -0.05) is 30.3 Å². The van der Waals surface area contributed by atoms with Crippen molar-refractivity contribution in [2.75, 3.05) is 0 Å². The molecule has 0 amide bonds. The highest BCUT2D eigenvalue weighted by atomic mass is 19.4. The lowest BCUT2D eigenvalue weighted by molar-refractivity contribution is -0.274. The molecule has 0 aliphatic carbocycles. The van der Waals surface area contributed by atoms with Gasteiger partial charge in [0, 0.05) is 12.6 Å². The van der Waals surface area contributed by atoms with E-state index in [2.05, 4.69) is 9.72 Å². The summed E-state index contributed by atoms with van der Waals surface area (Å²) in [6.07, 6.45) is -3.48. The number of allylic oxidation sites excluding steroid dienone is 1. The Hall–Kier alpha value is -3.27. The lowest BCUT2D eigenvalue weighted by Crippen LogP contribution is -2.17. The van der Waals surface area contributed by atoms with Crippen molar-refractivity contribution in [1.82, 2.24) is 9.55 Å². The molecule has 0 fully saturated rings. The van der Waals surface area contributed by atoms with E-state index in [-0.39, 0.29) is 16.9 Å². The number of aryl methyl sites for hydroxylation is 1. The fourth-order valence-electron chi connectivity index (χ4n) is 2.51. The predicted octanol–water partition coefficient (Wildman–Crippen LogP) is 4.54. The number of hydrogen-bond donors (Lipinski definition) is 0. The summed E-state index contributed by atoms with van der Waals surface area (Å²) in [4.78, 5) is 4.39. The third-order valence-corrected chi connectivity index (χ3v) is 3.59. The van der Waals surface area contributed by atoms with E-state index < -0.39 is 6.36 Å². The Labute approximate surface area is 141 Å². The molecule has 0 unspecified atom stereocenters. The van der Waals surface area contributed by atoms with Crippen molar-refractivity contribution in [3.63, 3.8) is 0 Å². The summed E-state index contributed by atoms with van der Waals surface area (Å²) in [6, 6.07) is 15.0. The first kappa shape index (κ1) is 16.6.